The highest BCUT2D eigenvalue weighted by molar-refractivity contribution is 7.92. The standard InChI is InChI=1S/CH4NO3S2/c1-7(4,5)2-6-3/h6H,1H3/q-1. The molecule has 0 bridgehead atoms. The third kappa shape index (κ3) is 5.90. The van der Waals surface area contributed by atoms with Crippen LogP contribution in [0.4, 0.5) is 0 Å². The molecule has 6 heteroatoms. The smallest absolute Gasteiger partial charge is 0.228 e. The van der Waals surface area contributed by atoms with Gasteiger partial charge in [-0.25, -0.2) is 8.42 Å². The van der Waals surface area contributed by atoms with E-state index in [1.54, 1.807) is 0 Å². The molecule has 0 aliphatic carbocycles. The largest absolute Gasteiger partial charge is 0.446 e. The second-order valence-corrected chi connectivity index (χ2v) is 3.18. The number of sulfonamides is 1. The van der Waals surface area contributed by atoms with Gasteiger partial charge in [0.05, 0.1) is 6.26 Å². The van der Waals surface area contributed by atoms with Crippen LogP contribution in [-0.2, 0) is 25.7 Å². The molecule has 44 valence electrons. The summed E-state index contributed by atoms with van der Waals surface area (Å²) in [6.07, 6.45) is 0.873. The van der Waals surface area contributed by atoms with E-state index in [1.165, 1.54) is 0 Å². The molecule has 0 spiro atoms. The molecular formula is CH4NO3S2-. The molecule has 7 heavy (non-hydrogen) atoms. The van der Waals surface area contributed by atoms with Crippen molar-refractivity contribution < 1.29 is 12.6 Å². The Balaban J connectivity index is 4.44. The molecule has 0 aliphatic rings. The summed E-state index contributed by atoms with van der Waals surface area (Å²) in [4.78, 5) is 0. The van der Waals surface area contributed by atoms with Crippen molar-refractivity contribution in [2.75, 3.05) is 6.26 Å². The van der Waals surface area contributed by atoms with E-state index in [4.69, 9.17) is 0 Å². The second-order valence-electron chi connectivity index (χ2n) is 0.896. The van der Waals surface area contributed by atoms with Crippen LogP contribution in [0.3, 0.4) is 0 Å². The van der Waals surface area contributed by atoms with Gasteiger partial charge in [0.1, 0.15) is 0 Å². The van der Waals surface area contributed by atoms with Gasteiger partial charge in [0.2, 0.25) is 10.0 Å². The zero-order valence-electron chi connectivity index (χ0n) is 3.53. The monoisotopic (exact) mass is 142 g/mol. The van der Waals surface area contributed by atoms with Crippen LogP contribution in [0.1, 0.15) is 0 Å². The highest BCUT2D eigenvalue weighted by Crippen LogP contribution is 1.78. The molecule has 0 aromatic heterocycles. The van der Waals surface area contributed by atoms with Gasteiger partial charge in [-0.3, -0.25) is 3.77 Å². The van der Waals surface area contributed by atoms with E-state index in [0.29, 0.717) is 0 Å². The quantitative estimate of drug-likeness (QED) is 0.359. The van der Waals surface area contributed by atoms with Gasteiger partial charge in [-0.1, -0.05) is 0 Å². The Morgan fingerprint density at radius 2 is 2.00 bits per heavy atom. The van der Waals surface area contributed by atoms with Gasteiger partial charge >= 0.3 is 0 Å². The van der Waals surface area contributed by atoms with E-state index in [0.717, 1.165) is 6.26 Å². The van der Waals surface area contributed by atoms with E-state index in [1.807, 2.05) is 0 Å². The summed E-state index contributed by atoms with van der Waals surface area (Å²) in [5.41, 5.74) is 0. The maximum Gasteiger partial charge on any atom is 0.228 e. The Bertz CT molecular complexity index is 185. The number of thiol groups is 1. The molecule has 0 rings (SSSR count). The summed E-state index contributed by atoms with van der Waals surface area (Å²) in [6.45, 7) is 0. The molecule has 0 atom stereocenters. The van der Waals surface area contributed by atoms with Crippen LogP contribution < -0.4 is 0 Å². The van der Waals surface area contributed by atoms with Gasteiger partial charge in [-0.05, 0) is 0 Å². The molecular weight excluding hydrogens is 138 g/mol. The van der Waals surface area contributed by atoms with Crippen molar-refractivity contribution in [3.63, 3.8) is 0 Å². The number of hydrogen-bond donors (Lipinski definition) is 0. The molecule has 0 aliphatic heterocycles. The van der Waals surface area contributed by atoms with Crippen LogP contribution in [0.25, 0.3) is 0 Å². The van der Waals surface area contributed by atoms with Crippen molar-refractivity contribution >= 4 is 21.5 Å². The number of rotatable bonds is 1. The third-order valence-electron chi connectivity index (χ3n) is 0.182. The predicted octanol–water partition coefficient (Wildman–Crippen LogP) is -0.710. The lowest BCUT2D eigenvalue weighted by molar-refractivity contribution is 0.600. The highest BCUT2D eigenvalue weighted by atomic mass is 32.2. The summed E-state index contributed by atoms with van der Waals surface area (Å²) >= 11 is -0.704. The average Bonchev–Trinajstić information content (AvgIpc) is 1.30. The second kappa shape index (κ2) is 2.27. The van der Waals surface area contributed by atoms with Crippen molar-refractivity contribution in [3.8, 4) is 0 Å². The molecule has 0 fully saturated rings. The molecule has 0 radical (unpaired) electrons. The summed E-state index contributed by atoms with van der Waals surface area (Å²) in [5, 5.41) is 0. The molecule has 0 saturated heterocycles. The maximum atomic E-state index is 9.86. The van der Waals surface area contributed by atoms with E-state index in [2.05, 4.69) is 3.77 Å². The Hall–Kier alpha value is -0.100. The van der Waals surface area contributed by atoms with Gasteiger partial charge in [-0.15, -0.1) is 0 Å². The fourth-order valence-corrected chi connectivity index (χ4v) is 0.545. The molecule has 0 unspecified atom stereocenters. The summed E-state index contributed by atoms with van der Waals surface area (Å²) in [7, 11) is -3.37. The van der Waals surface area contributed by atoms with Gasteiger partial charge in [0.15, 0.2) is 0 Å². The first kappa shape index (κ1) is 6.90. The maximum absolute atomic E-state index is 9.86. The molecule has 0 N–H and O–H groups in total. The topological polar surface area (TPSA) is 63.6 Å². The summed E-state index contributed by atoms with van der Waals surface area (Å²) < 4.78 is 31.7. The van der Waals surface area contributed by atoms with E-state index in [-0.39, 0.29) is 0 Å². The summed E-state index contributed by atoms with van der Waals surface area (Å²) in [6, 6.07) is 0. The zero-order valence-corrected chi connectivity index (χ0v) is 5.24. The van der Waals surface area contributed by atoms with Crippen LogP contribution in [0.2, 0.25) is 0 Å². The number of hydrogen-bond acceptors (Lipinski definition) is 4. The van der Waals surface area contributed by atoms with Crippen molar-refractivity contribution in [1.29, 1.82) is 0 Å². The fraction of sp³-hybridized carbons (Fsp3) is 1.00. The SMILES string of the molecule is CS(=O)(=O)N=[SH-]=O. The van der Waals surface area contributed by atoms with Crippen molar-refractivity contribution in [2.45, 2.75) is 0 Å². The van der Waals surface area contributed by atoms with Crippen LogP contribution >= 0.6 is 0 Å². The lowest BCUT2D eigenvalue weighted by Gasteiger charge is -1.81. The molecule has 0 aromatic rings. The fourth-order valence-electron chi connectivity index (χ4n) is 0.0605. The lowest BCUT2D eigenvalue weighted by Crippen LogP contribution is -1.85. The Kier molecular flexibility index (Phi) is 2.24. The van der Waals surface area contributed by atoms with Crippen LogP contribution in [0.5, 0.6) is 0 Å². The van der Waals surface area contributed by atoms with Crippen molar-refractivity contribution in [1.82, 2.24) is 0 Å². The highest BCUT2D eigenvalue weighted by Gasteiger charge is 1.83. The summed E-state index contributed by atoms with van der Waals surface area (Å²) in [5.74, 6) is 0. The Labute approximate surface area is 44.8 Å². The van der Waals surface area contributed by atoms with Crippen LogP contribution in [-0.4, -0.2) is 14.7 Å². The minimum Gasteiger partial charge on any atom is -0.446 e. The van der Waals surface area contributed by atoms with Crippen LogP contribution in [0.15, 0.2) is 3.77 Å². The normalized spacial score (nSPS) is 11.0. The van der Waals surface area contributed by atoms with E-state index in [9.17, 15) is 12.6 Å². The first-order chi connectivity index (χ1) is 3.06. The van der Waals surface area contributed by atoms with Crippen molar-refractivity contribution in [2.24, 2.45) is 3.77 Å². The minimum absolute atomic E-state index is 0.704. The Morgan fingerprint density at radius 1 is 1.57 bits per heavy atom. The molecule has 0 amide bonds. The first-order valence-electron chi connectivity index (χ1n) is 1.31. The number of nitrogens with zero attached hydrogens (tertiary/aromatic N) is 1. The van der Waals surface area contributed by atoms with Crippen molar-refractivity contribution in [3.05, 3.63) is 0 Å². The predicted molar refractivity (Wildman–Crippen MR) is 26.7 cm³/mol. The van der Waals surface area contributed by atoms with Gasteiger partial charge in [-0.2, -0.15) is 11.5 Å². The Morgan fingerprint density at radius 3 is 2.00 bits per heavy atom. The average molecular weight is 142 g/mol. The molecule has 4 nitrogen and oxygen atoms in total. The van der Waals surface area contributed by atoms with Crippen LogP contribution in [0, 0.1) is 0 Å². The first-order valence-corrected chi connectivity index (χ1v) is 3.92. The lowest BCUT2D eigenvalue weighted by atomic mass is 12.0. The van der Waals surface area contributed by atoms with Gasteiger partial charge in [0, 0.05) is 0 Å². The van der Waals surface area contributed by atoms with E-state index >= 15 is 0 Å². The van der Waals surface area contributed by atoms with Gasteiger partial charge in [0.25, 0.3) is 0 Å². The zero-order chi connectivity index (χ0) is 5.91. The molecule has 0 heterocycles. The van der Waals surface area contributed by atoms with E-state index < -0.39 is 21.5 Å². The third-order valence-corrected chi connectivity index (χ3v) is 1.63. The van der Waals surface area contributed by atoms with Gasteiger partial charge < -0.3 is 4.21 Å². The molecule has 0 saturated carbocycles. The molecule has 0 aromatic carbocycles. The minimum atomic E-state index is -3.37.